The van der Waals surface area contributed by atoms with Crippen LogP contribution in [0.1, 0.15) is 11.1 Å². The molecular formula is C21H29N3O6S2. The maximum atomic E-state index is 12.3. The lowest BCUT2D eigenvalue weighted by molar-refractivity contribution is -0.119. The standard InChI is InChI=1S/C21H29N3O6S2/c1-16-6-11-20(17(2)14-16)24(31(5,26)27)15-21(25)22-12-13-30-18-7-9-19(10-8-18)32(28,29)23(3)4/h6-11,14H,12-13,15H2,1-5H3,(H,22,25). The molecule has 0 aliphatic carbocycles. The van der Waals surface area contributed by atoms with Crippen LogP contribution in [-0.2, 0) is 24.8 Å². The number of hydrogen-bond acceptors (Lipinski definition) is 6. The van der Waals surface area contributed by atoms with Crippen molar-refractivity contribution in [2.45, 2.75) is 18.7 Å². The van der Waals surface area contributed by atoms with Crippen molar-refractivity contribution in [3.63, 3.8) is 0 Å². The SMILES string of the molecule is Cc1ccc(N(CC(=O)NCCOc2ccc(S(=O)(=O)N(C)C)cc2)S(C)(=O)=O)c(C)c1. The van der Waals surface area contributed by atoms with Gasteiger partial charge >= 0.3 is 0 Å². The molecule has 0 heterocycles. The molecule has 9 nitrogen and oxygen atoms in total. The zero-order valence-corrected chi connectivity index (χ0v) is 20.5. The number of sulfonamides is 2. The number of anilines is 1. The summed E-state index contributed by atoms with van der Waals surface area (Å²) in [7, 11) is -4.27. The van der Waals surface area contributed by atoms with E-state index in [1.54, 1.807) is 19.1 Å². The van der Waals surface area contributed by atoms with Crippen LogP contribution in [0.15, 0.2) is 47.4 Å². The molecule has 0 spiro atoms. The number of ether oxygens (including phenoxy) is 1. The first kappa shape index (κ1) is 25.6. The molecule has 0 unspecified atom stereocenters. The monoisotopic (exact) mass is 483 g/mol. The highest BCUT2D eigenvalue weighted by atomic mass is 32.2. The van der Waals surface area contributed by atoms with E-state index in [1.165, 1.54) is 38.4 Å². The zero-order chi connectivity index (χ0) is 24.1. The number of amides is 1. The van der Waals surface area contributed by atoms with Gasteiger partial charge in [0.05, 0.1) is 23.4 Å². The van der Waals surface area contributed by atoms with Gasteiger partial charge in [-0.25, -0.2) is 21.1 Å². The largest absolute Gasteiger partial charge is 0.492 e. The van der Waals surface area contributed by atoms with Gasteiger partial charge in [0.1, 0.15) is 18.9 Å². The Hall–Kier alpha value is -2.63. The number of nitrogens with one attached hydrogen (secondary N) is 1. The average molecular weight is 484 g/mol. The summed E-state index contributed by atoms with van der Waals surface area (Å²) in [4.78, 5) is 12.5. The second-order valence-corrected chi connectivity index (χ2v) is 11.6. The fourth-order valence-electron chi connectivity index (χ4n) is 2.93. The van der Waals surface area contributed by atoms with Gasteiger partial charge in [-0.05, 0) is 49.7 Å². The third-order valence-corrected chi connectivity index (χ3v) is 7.56. The van der Waals surface area contributed by atoms with Gasteiger partial charge in [-0.3, -0.25) is 9.10 Å². The highest BCUT2D eigenvalue weighted by Gasteiger charge is 2.22. The summed E-state index contributed by atoms with van der Waals surface area (Å²) in [5.41, 5.74) is 2.21. The number of rotatable bonds is 10. The number of carbonyl (C=O) groups excluding carboxylic acids is 1. The van der Waals surface area contributed by atoms with Gasteiger partial charge in [0.25, 0.3) is 0 Å². The van der Waals surface area contributed by atoms with E-state index in [9.17, 15) is 21.6 Å². The molecule has 0 fully saturated rings. The molecule has 0 aliphatic heterocycles. The van der Waals surface area contributed by atoms with Gasteiger partial charge in [-0.1, -0.05) is 17.7 Å². The summed E-state index contributed by atoms with van der Waals surface area (Å²) in [6.45, 7) is 3.64. The molecule has 0 aromatic heterocycles. The Kier molecular flexibility index (Phi) is 8.27. The Labute approximate surface area is 190 Å². The van der Waals surface area contributed by atoms with Gasteiger partial charge in [-0.15, -0.1) is 0 Å². The Morgan fingerprint density at radius 2 is 1.62 bits per heavy atom. The van der Waals surface area contributed by atoms with E-state index >= 15 is 0 Å². The van der Waals surface area contributed by atoms with Gasteiger partial charge in [0.2, 0.25) is 26.0 Å². The lowest BCUT2D eigenvalue weighted by Crippen LogP contribution is -2.41. The van der Waals surface area contributed by atoms with Crippen molar-refractivity contribution in [1.29, 1.82) is 0 Å². The maximum Gasteiger partial charge on any atom is 0.242 e. The summed E-state index contributed by atoms with van der Waals surface area (Å²) in [5, 5.41) is 2.63. The second kappa shape index (κ2) is 10.3. The predicted octanol–water partition coefficient (Wildman–Crippen LogP) is 1.51. The van der Waals surface area contributed by atoms with Crippen LogP contribution < -0.4 is 14.4 Å². The minimum absolute atomic E-state index is 0.133. The Morgan fingerprint density at radius 3 is 2.16 bits per heavy atom. The highest BCUT2D eigenvalue weighted by molar-refractivity contribution is 7.92. The van der Waals surface area contributed by atoms with Crippen LogP contribution in [-0.4, -0.2) is 67.1 Å². The molecule has 0 saturated heterocycles. The normalized spacial score (nSPS) is 11.9. The molecule has 0 saturated carbocycles. The minimum atomic E-state index is -3.66. The molecule has 1 amide bonds. The van der Waals surface area contributed by atoms with Gasteiger partial charge < -0.3 is 10.1 Å². The number of benzene rings is 2. The first-order chi connectivity index (χ1) is 14.8. The maximum absolute atomic E-state index is 12.3. The van der Waals surface area contributed by atoms with E-state index < -0.39 is 26.0 Å². The van der Waals surface area contributed by atoms with E-state index in [2.05, 4.69) is 5.32 Å². The highest BCUT2D eigenvalue weighted by Crippen LogP contribution is 2.23. The van der Waals surface area contributed by atoms with Crippen molar-refractivity contribution in [2.24, 2.45) is 0 Å². The molecule has 0 bridgehead atoms. The average Bonchev–Trinajstić information content (AvgIpc) is 2.69. The molecule has 176 valence electrons. The van der Waals surface area contributed by atoms with E-state index in [4.69, 9.17) is 4.74 Å². The van der Waals surface area contributed by atoms with Crippen molar-refractivity contribution in [2.75, 3.05) is 44.4 Å². The molecule has 2 rings (SSSR count). The molecule has 0 atom stereocenters. The minimum Gasteiger partial charge on any atom is -0.492 e. The van der Waals surface area contributed by atoms with Crippen molar-refractivity contribution in [1.82, 2.24) is 9.62 Å². The summed E-state index contributed by atoms with van der Waals surface area (Å²) >= 11 is 0. The van der Waals surface area contributed by atoms with Crippen molar-refractivity contribution in [3.05, 3.63) is 53.6 Å². The number of carbonyl (C=O) groups is 1. The molecule has 32 heavy (non-hydrogen) atoms. The lowest BCUT2D eigenvalue weighted by Gasteiger charge is -2.24. The van der Waals surface area contributed by atoms with Gasteiger partial charge in [-0.2, -0.15) is 0 Å². The molecule has 0 aliphatic rings. The van der Waals surface area contributed by atoms with Gasteiger partial charge in [0.15, 0.2) is 0 Å². The van der Waals surface area contributed by atoms with Crippen LogP contribution in [0.5, 0.6) is 5.75 Å². The zero-order valence-electron chi connectivity index (χ0n) is 18.8. The third kappa shape index (κ3) is 6.68. The molecule has 1 N–H and O–H groups in total. The smallest absolute Gasteiger partial charge is 0.242 e. The van der Waals surface area contributed by atoms with E-state index in [-0.39, 0.29) is 24.6 Å². The van der Waals surface area contributed by atoms with Crippen molar-refractivity contribution < 1.29 is 26.4 Å². The van der Waals surface area contributed by atoms with Crippen molar-refractivity contribution in [3.8, 4) is 5.75 Å². The first-order valence-corrected chi connectivity index (χ1v) is 13.1. The Bertz CT molecular complexity index is 1160. The summed E-state index contributed by atoms with van der Waals surface area (Å²) in [5.74, 6) is -0.0172. The van der Waals surface area contributed by atoms with E-state index in [0.717, 1.165) is 26.0 Å². The van der Waals surface area contributed by atoms with Crippen LogP contribution in [0.3, 0.4) is 0 Å². The topological polar surface area (TPSA) is 113 Å². The summed E-state index contributed by atoms with van der Waals surface area (Å²) < 4.78 is 56.3. The predicted molar refractivity (Wildman–Crippen MR) is 124 cm³/mol. The number of nitrogens with zero attached hydrogens (tertiary/aromatic N) is 2. The Morgan fingerprint density at radius 1 is 1.00 bits per heavy atom. The van der Waals surface area contributed by atoms with Crippen LogP contribution in [0.2, 0.25) is 0 Å². The van der Waals surface area contributed by atoms with Gasteiger partial charge in [0, 0.05) is 14.1 Å². The fourth-order valence-corrected chi connectivity index (χ4v) is 4.75. The van der Waals surface area contributed by atoms with Crippen LogP contribution >= 0.6 is 0 Å². The number of aryl methyl sites for hydroxylation is 2. The van der Waals surface area contributed by atoms with E-state index in [1.807, 2.05) is 13.0 Å². The Balaban J connectivity index is 1.92. The van der Waals surface area contributed by atoms with Crippen LogP contribution in [0.25, 0.3) is 0 Å². The van der Waals surface area contributed by atoms with Crippen molar-refractivity contribution >= 4 is 31.6 Å². The summed E-state index contributed by atoms with van der Waals surface area (Å²) in [6, 6.07) is 11.3. The van der Waals surface area contributed by atoms with Crippen LogP contribution in [0, 0.1) is 13.8 Å². The molecule has 2 aromatic carbocycles. The quantitative estimate of drug-likeness (QED) is 0.513. The third-order valence-electron chi connectivity index (χ3n) is 4.60. The molecular weight excluding hydrogens is 454 g/mol. The van der Waals surface area contributed by atoms with Crippen LogP contribution in [0.4, 0.5) is 5.69 Å². The first-order valence-electron chi connectivity index (χ1n) is 9.79. The molecule has 11 heteroatoms. The molecule has 0 radical (unpaired) electrons. The lowest BCUT2D eigenvalue weighted by atomic mass is 10.1. The summed E-state index contributed by atoms with van der Waals surface area (Å²) in [6.07, 6.45) is 1.06. The molecule has 2 aromatic rings. The second-order valence-electron chi connectivity index (χ2n) is 7.52. The fraction of sp³-hybridized carbons (Fsp3) is 0.381. The number of hydrogen-bond donors (Lipinski definition) is 1. The van der Waals surface area contributed by atoms with E-state index in [0.29, 0.717) is 11.4 Å².